The molecule has 1 aromatic heterocycles. The first kappa shape index (κ1) is 14.4. The third-order valence-corrected chi connectivity index (χ3v) is 3.19. The Morgan fingerprint density at radius 2 is 1.90 bits per heavy atom. The van der Waals surface area contributed by atoms with E-state index in [4.69, 9.17) is 9.47 Å². The van der Waals surface area contributed by atoms with E-state index in [0.717, 1.165) is 42.4 Å². The fourth-order valence-corrected chi connectivity index (χ4v) is 2.22. The molecule has 0 aliphatic carbocycles. The largest absolute Gasteiger partial charge is 0.496 e. The summed E-state index contributed by atoms with van der Waals surface area (Å²) in [5, 5.41) is 3.15. The molecular weight excluding hydrogens is 254 g/mol. The Bertz CT molecular complexity index is 530. The van der Waals surface area contributed by atoms with Crippen molar-refractivity contribution < 1.29 is 9.47 Å². The topological polar surface area (TPSA) is 48.3 Å². The van der Waals surface area contributed by atoms with Crippen LogP contribution in [0.1, 0.15) is 6.42 Å². The van der Waals surface area contributed by atoms with Gasteiger partial charge in [0.1, 0.15) is 22.9 Å². The van der Waals surface area contributed by atoms with Crippen molar-refractivity contribution in [2.24, 2.45) is 0 Å². The summed E-state index contributed by atoms with van der Waals surface area (Å²) < 4.78 is 13.0. The van der Waals surface area contributed by atoms with Crippen molar-refractivity contribution in [3.63, 3.8) is 0 Å². The number of benzene rings is 1. The van der Waals surface area contributed by atoms with Gasteiger partial charge in [-0.25, -0.2) is 4.98 Å². The highest BCUT2D eigenvalue weighted by Gasteiger charge is 2.16. The number of methoxy groups -OCH3 is 2. The van der Waals surface area contributed by atoms with Crippen LogP contribution in [0.2, 0.25) is 0 Å². The minimum Gasteiger partial charge on any atom is -0.496 e. The third kappa shape index (κ3) is 2.93. The maximum absolute atomic E-state index is 5.45. The number of hydrogen-bond donors (Lipinski definition) is 1. The second kappa shape index (κ2) is 6.96. The molecule has 0 aliphatic heterocycles. The molecule has 0 fully saturated rings. The Hall–Kier alpha value is -2.01. The lowest BCUT2D eigenvalue weighted by Crippen LogP contribution is -2.11. The van der Waals surface area contributed by atoms with Crippen molar-refractivity contribution in [1.29, 1.82) is 0 Å². The van der Waals surface area contributed by atoms with E-state index in [2.05, 4.69) is 14.9 Å². The highest BCUT2D eigenvalue weighted by atomic mass is 16.5. The zero-order valence-corrected chi connectivity index (χ0v) is 12.2. The maximum Gasteiger partial charge on any atom is 0.147 e. The number of nitrogens with zero attached hydrogens (tertiary/aromatic N) is 2. The average Bonchev–Trinajstić information content (AvgIpc) is 2.94. The normalized spacial score (nSPS) is 10.6. The molecule has 0 amide bonds. The van der Waals surface area contributed by atoms with Crippen LogP contribution in [0.5, 0.6) is 11.5 Å². The van der Waals surface area contributed by atoms with Gasteiger partial charge in [0.05, 0.1) is 14.2 Å². The van der Waals surface area contributed by atoms with Gasteiger partial charge in [-0.2, -0.15) is 0 Å². The smallest absolute Gasteiger partial charge is 0.147 e. The van der Waals surface area contributed by atoms with Crippen LogP contribution in [-0.4, -0.2) is 37.4 Å². The summed E-state index contributed by atoms with van der Waals surface area (Å²) in [6.45, 7) is 1.87. The van der Waals surface area contributed by atoms with Gasteiger partial charge in [-0.3, -0.25) is 0 Å². The molecule has 0 unspecified atom stereocenters. The number of nitrogens with one attached hydrogen (secondary N) is 1. The molecule has 0 aliphatic rings. The van der Waals surface area contributed by atoms with Gasteiger partial charge >= 0.3 is 0 Å². The molecule has 0 spiro atoms. The fourth-order valence-electron chi connectivity index (χ4n) is 2.22. The minimum absolute atomic E-state index is 0.769. The summed E-state index contributed by atoms with van der Waals surface area (Å²) in [5.74, 6) is 2.41. The van der Waals surface area contributed by atoms with Gasteiger partial charge in [0.25, 0.3) is 0 Å². The van der Waals surface area contributed by atoms with Gasteiger partial charge in [-0.05, 0) is 32.1 Å². The zero-order chi connectivity index (χ0) is 14.4. The summed E-state index contributed by atoms with van der Waals surface area (Å²) in [5.41, 5.74) is 0.895. The highest BCUT2D eigenvalue weighted by Crippen LogP contribution is 2.37. The SMILES string of the molecule is CNCCCn1ccnc1-c1c(OC)cccc1OC. The van der Waals surface area contributed by atoms with Crippen LogP contribution in [0.3, 0.4) is 0 Å². The Balaban J connectivity index is 2.38. The average molecular weight is 275 g/mol. The van der Waals surface area contributed by atoms with Crippen LogP contribution in [0.25, 0.3) is 11.4 Å². The van der Waals surface area contributed by atoms with E-state index in [1.54, 1.807) is 20.4 Å². The van der Waals surface area contributed by atoms with E-state index in [-0.39, 0.29) is 0 Å². The lowest BCUT2D eigenvalue weighted by molar-refractivity contribution is 0.396. The monoisotopic (exact) mass is 275 g/mol. The standard InChI is InChI=1S/C15H21N3O2/c1-16-8-5-10-18-11-9-17-15(18)14-12(19-2)6-4-7-13(14)20-3/h4,6-7,9,11,16H,5,8,10H2,1-3H3. The predicted molar refractivity (Wildman–Crippen MR) is 79.3 cm³/mol. The van der Waals surface area contributed by atoms with E-state index in [1.165, 1.54) is 0 Å². The summed E-state index contributed by atoms with van der Waals surface area (Å²) in [7, 11) is 5.27. The van der Waals surface area contributed by atoms with Crippen molar-refractivity contribution >= 4 is 0 Å². The molecule has 20 heavy (non-hydrogen) atoms. The molecule has 2 rings (SSSR count). The number of imidazole rings is 1. The van der Waals surface area contributed by atoms with E-state index >= 15 is 0 Å². The summed E-state index contributed by atoms with van der Waals surface area (Å²) in [6, 6.07) is 5.75. The van der Waals surface area contributed by atoms with E-state index in [9.17, 15) is 0 Å². The van der Waals surface area contributed by atoms with Gasteiger partial charge < -0.3 is 19.4 Å². The van der Waals surface area contributed by atoms with Gasteiger partial charge in [-0.1, -0.05) is 6.07 Å². The molecule has 0 atom stereocenters. The number of hydrogen-bond acceptors (Lipinski definition) is 4. The minimum atomic E-state index is 0.769. The molecule has 5 nitrogen and oxygen atoms in total. The zero-order valence-electron chi connectivity index (χ0n) is 12.2. The quantitative estimate of drug-likeness (QED) is 0.787. The van der Waals surface area contributed by atoms with Gasteiger partial charge in [0.15, 0.2) is 0 Å². The third-order valence-electron chi connectivity index (χ3n) is 3.19. The molecular formula is C15H21N3O2. The Morgan fingerprint density at radius 1 is 1.20 bits per heavy atom. The van der Waals surface area contributed by atoms with Gasteiger partial charge in [-0.15, -0.1) is 0 Å². The summed E-state index contributed by atoms with van der Waals surface area (Å²) >= 11 is 0. The summed E-state index contributed by atoms with van der Waals surface area (Å²) in [4.78, 5) is 4.46. The number of rotatable bonds is 7. The Labute approximate surface area is 119 Å². The predicted octanol–water partition coefficient (Wildman–Crippen LogP) is 2.18. The first-order valence-electron chi connectivity index (χ1n) is 6.69. The molecule has 0 saturated carbocycles. The molecule has 2 aromatic rings. The van der Waals surface area contributed by atoms with Crippen molar-refractivity contribution in [3.05, 3.63) is 30.6 Å². The van der Waals surface area contributed by atoms with Crippen LogP contribution in [-0.2, 0) is 6.54 Å². The van der Waals surface area contributed by atoms with Crippen LogP contribution in [0.15, 0.2) is 30.6 Å². The van der Waals surface area contributed by atoms with Crippen molar-refractivity contribution in [2.75, 3.05) is 27.8 Å². The Kier molecular flexibility index (Phi) is 5.01. The maximum atomic E-state index is 5.45. The molecule has 1 heterocycles. The molecule has 5 heteroatoms. The fraction of sp³-hybridized carbons (Fsp3) is 0.400. The first-order valence-corrected chi connectivity index (χ1v) is 6.69. The van der Waals surface area contributed by atoms with Crippen molar-refractivity contribution in [3.8, 4) is 22.9 Å². The molecule has 0 saturated heterocycles. The van der Waals surface area contributed by atoms with E-state index in [0.29, 0.717) is 0 Å². The molecule has 0 bridgehead atoms. The number of aryl methyl sites for hydroxylation is 1. The van der Waals surface area contributed by atoms with Crippen LogP contribution in [0.4, 0.5) is 0 Å². The lowest BCUT2D eigenvalue weighted by atomic mass is 10.1. The van der Waals surface area contributed by atoms with Gasteiger partial charge in [0.2, 0.25) is 0 Å². The molecule has 1 N–H and O–H groups in total. The molecule has 0 radical (unpaired) electrons. The van der Waals surface area contributed by atoms with Crippen LogP contribution >= 0.6 is 0 Å². The van der Waals surface area contributed by atoms with Crippen LogP contribution in [0, 0.1) is 0 Å². The highest BCUT2D eigenvalue weighted by molar-refractivity contribution is 5.72. The molecule has 1 aromatic carbocycles. The van der Waals surface area contributed by atoms with Crippen molar-refractivity contribution in [1.82, 2.24) is 14.9 Å². The van der Waals surface area contributed by atoms with Crippen LogP contribution < -0.4 is 14.8 Å². The lowest BCUT2D eigenvalue weighted by Gasteiger charge is -2.14. The number of ether oxygens (including phenoxy) is 2. The van der Waals surface area contributed by atoms with Crippen molar-refractivity contribution in [2.45, 2.75) is 13.0 Å². The Morgan fingerprint density at radius 3 is 2.50 bits per heavy atom. The first-order chi connectivity index (χ1) is 9.81. The van der Waals surface area contributed by atoms with E-state index in [1.807, 2.05) is 31.4 Å². The van der Waals surface area contributed by atoms with E-state index < -0.39 is 0 Å². The second-order valence-corrected chi connectivity index (χ2v) is 4.44. The van der Waals surface area contributed by atoms with Gasteiger partial charge in [0, 0.05) is 18.9 Å². The molecule has 108 valence electrons. The second-order valence-electron chi connectivity index (χ2n) is 4.44. The summed E-state index contributed by atoms with van der Waals surface area (Å²) in [6.07, 6.45) is 4.83. The number of aromatic nitrogens is 2.